The van der Waals surface area contributed by atoms with Gasteiger partial charge in [-0.1, -0.05) is 30.3 Å². The maximum atomic E-state index is 5.36. The Morgan fingerprint density at radius 3 is 1.79 bits per heavy atom. The first kappa shape index (κ1) is 15.3. The fourth-order valence-corrected chi connectivity index (χ4v) is 0.811. The van der Waals surface area contributed by atoms with Gasteiger partial charge >= 0.3 is 49.5 Å². The van der Waals surface area contributed by atoms with Gasteiger partial charge in [0.15, 0.2) is 0 Å². The molecule has 80 valence electrons. The number of hydrogen-bond acceptors (Lipinski definition) is 1. The van der Waals surface area contributed by atoms with E-state index in [1.165, 1.54) is 5.56 Å². The maximum absolute atomic E-state index is 5.36. The molecule has 0 atom stereocenters. The van der Waals surface area contributed by atoms with E-state index in [9.17, 15) is 0 Å². The second kappa shape index (κ2) is 8.42. The molecule has 1 nitrogen and oxygen atoms in total. The molecule has 1 aromatic rings. The van der Waals surface area contributed by atoms with E-state index in [0.29, 0.717) is 0 Å². The molecule has 0 spiro atoms. The van der Waals surface area contributed by atoms with Crippen LogP contribution in [-0.4, -0.2) is 22.8 Å². The van der Waals surface area contributed by atoms with Gasteiger partial charge in [-0.05, 0) is 18.5 Å². The average Bonchev–Trinajstić information content (AvgIpc) is 2.03. The Hall–Kier alpha value is 1.26. The first-order valence-electron chi connectivity index (χ1n) is 3.93. The molecule has 0 bridgehead atoms. The normalized spacial score (nSPS) is 10.4. The fourth-order valence-electron chi connectivity index (χ4n) is 0.811. The Bertz CT molecular complexity index is 231. The van der Waals surface area contributed by atoms with Crippen molar-refractivity contribution in [2.45, 2.75) is 6.42 Å². The zero-order valence-corrected chi connectivity index (χ0v) is 14.3. The summed E-state index contributed by atoms with van der Waals surface area (Å²) in [6.45, 7) is 0.740. The Labute approximate surface area is 103 Å². The van der Waals surface area contributed by atoms with Crippen LogP contribution < -0.4 is 5.73 Å². The van der Waals surface area contributed by atoms with Crippen molar-refractivity contribution in [2.75, 3.05) is 6.54 Å². The second-order valence-corrected chi connectivity index (χ2v) is 35.9. The molecule has 0 aromatic heterocycles. The van der Waals surface area contributed by atoms with E-state index in [1.807, 2.05) is 18.2 Å². The number of hydrogen-bond donors (Lipinski definition) is 1. The van der Waals surface area contributed by atoms with Crippen molar-refractivity contribution in [2.24, 2.45) is 5.73 Å². The predicted molar refractivity (Wildman–Crippen MR) is 68.4 cm³/mol. The zero-order chi connectivity index (χ0) is 11.0. The third kappa shape index (κ3) is 13.3. The van der Waals surface area contributed by atoms with Gasteiger partial charge < -0.3 is 5.73 Å². The molecule has 1 rings (SSSR count). The predicted octanol–water partition coefficient (Wildman–Crippen LogP) is 3.57. The van der Waals surface area contributed by atoms with Gasteiger partial charge in [0.1, 0.15) is 0 Å². The number of halogens is 4. The molecule has 0 aliphatic carbocycles. The quantitative estimate of drug-likeness (QED) is 0.658. The van der Waals surface area contributed by atoms with E-state index in [1.54, 1.807) is 0 Å². The SMILES string of the molecule is NCCc1ccccc1.[Cl][Pb]([Cl])([Cl])[Cl]. The molecule has 14 heavy (non-hydrogen) atoms. The Morgan fingerprint density at radius 2 is 1.43 bits per heavy atom. The van der Waals surface area contributed by atoms with Crippen LogP contribution in [0.5, 0.6) is 0 Å². The van der Waals surface area contributed by atoms with E-state index in [4.69, 9.17) is 39.0 Å². The van der Waals surface area contributed by atoms with E-state index >= 15 is 0 Å². The molecule has 0 fully saturated rings. The molecule has 1 aromatic carbocycles. The van der Waals surface area contributed by atoms with Crippen molar-refractivity contribution in [1.29, 1.82) is 0 Å². The molecule has 0 saturated carbocycles. The molecule has 0 aliphatic rings. The number of benzene rings is 1. The molecule has 0 unspecified atom stereocenters. The van der Waals surface area contributed by atoms with Crippen LogP contribution in [0.3, 0.4) is 0 Å². The summed E-state index contributed by atoms with van der Waals surface area (Å²) in [6.07, 6.45) is 0.987. The molecule has 0 radical (unpaired) electrons. The molecule has 0 aliphatic heterocycles. The van der Waals surface area contributed by atoms with Crippen LogP contribution in [0.4, 0.5) is 0 Å². The summed E-state index contributed by atoms with van der Waals surface area (Å²) >= 11 is -3.39. The molecular weight excluding hydrogens is 459 g/mol. The van der Waals surface area contributed by atoms with Gasteiger partial charge in [0.25, 0.3) is 0 Å². The summed E-state index contributed by atoms with van der Waals surface area (Å²) in [4.78, 5) is 0. The van der Waals surface area contributed by atoms with Crippen LogP contribution in [0.1, 0.15) is 5.56 Å². The van der Waals surface area contributed by atoms with E-state index in [2.05, 4.69) is 12.1 Å². The Morgan fingerprint density at radius 1 is 1.00 bits per heavy atom. The average molecular weight is 470 g/mol. The standard InChI is InChI=1S/C8H11N.4ClH.Pb/c9-7-6-8-4-2-1-3-5-8;;;;;/h1-5H,6-7,9H2;4*1H;/q;;;;;+4/p-4. The minimum atomic E-state index is -3.39. The second-order valence-electron chi connectivity index (χ2n) is 2.45. The zero-order valence-electron chi connectivity index (χ0n) is 7.39. The van der Waals surface area contributed by atoms with Crippen molar-refractivity contribution in [3.8, 4) is 0 Å². The van der Waals surface area contributed by atoms with Gasteiger partial charge in [0.05, 0.1) is 0 Å². The molecule has 2 N–H and O–H groups in total. The summed E-state index contributed by atoms with van der Waals surface area (Å²) in [5.41, 5.74) is 6.68. The molecule has 0 saturated heterocycles. The van der Waals surface area contributed by atoms with Crippen molar-refractivity contribution < 1.29 is 0 Å². The third-order valence-corrected chi connectivity index (χ3v) is 1.28. The Kier molecular flexibility index (Phi) is 9.18. The van der Waals surface area contributed by atoms with E-state index in [0.717, 1.165) is 13.0 Å². The third-order valence-electron chi connectivity index (χ3n) is 1.28. The van der Waals surface area contributed by atoms with Crippen LogP contribution in [0.15, 0.2) is 30.3 Å². The summed E-state index contributed by atoms with van der Waals surface area (Å²) in [5.74, 6) is 0. The van der Waals surface area contributed by atoms with E-state index in [-0.39, 0.29) is 0 Å². The van der Waals surface area contributed by atoms with Crippen LogP contribution >= 0.6 is 33.3 Å². The minimum absolute atomic E-state index is 0.740. The van der Waals surface area contributed by atoms with Gasteiger partial charge in [-0.25, -0.2) is 0 Å². The fraction of sp³-hybridized carbons (Fsp3) is 0.250. The topological polar surface area (TPSA) is 26.0 Å². The van der Waals surface area contributed by atoms with Crippen LogP contribution in [-0.2, 0) is 6.42 Å². The van der Waals surface area contributed by atoms with Crippen LogP contribution in [0.25, 0.3) is 0 Å². The van der Waals surface area contributed by atoms with Crippen molar-refractivity contribution in [3.63, 3.8) is 0 Å². The van der Waals surface area contributed by atoms with Gasteiger partial charge in [0.2, 0.25) is 0 Å². The van der Waals surface area contributed by atoms with Crippen molar-refractivity contribution in [1.82, 2.24) is 0 Å². The van der Waals surface area contributed by atoms with Gasteiger partial charge in [0, 0.05) is 0 Å². The molecule has 0 amide bonds. The summed E-state index contributed by atoms with van der Waals surface area (Å²) < 4.78 is 0. The Balaban J connectivity index is 0.000000292. The first-order chi connectivity index (χ1) is 6.43. The molecular formula is C8H11Cl4NPb. The van der Waals surface area contributed by atoms with Gasteiger partial charge in [-0.2, -0.15) is 0 Å². The first-order valence-corrected chi connectivity index (χ1v) is 23.1. The summed E-state index contributed by atoms with van der Waals surface area (Å²) in [7, 11) is 20.2. The molecule has 0 heterocycles. The van der Waals surface area contributed by atoms with Crippen molar-refractivity contribution >= 4 is 49.5 Å². The molecule has 6 heteroatoms. The van der Waals surface area contributed by atoms with Crippen LogP contribution in [0, 0.1) is 0 Å². The van der Waals surface area contributed by atoms with Crippen molar-refractivity contribution in [3.05, 3.63) is 35.9 Å². The summed E-state index contributed by atoms with van der Waals surface area (Å²) in [5, 5.41) is 0. The van der Waals surface area contributed by atoms with Gasteiger partial charge in [-0.15, -0.1) is 0 Å². The van der Waals surface area contributed by atoms with Crippen LogP contribution in [0.2, 0.25) is 0 Å². The monoisotopic (exact) mass is 469 g/mol. The number of nitrogens with two attached hydrogens (primary N) is 1. The summed E-state index contributed by atoms with van der Waals surface area (Å²) in [6, 6.07) is 10.3. The number of rotatable bonds is 2. The van der Waals surface area contributed by atoms with Gasteiger partial charge in [-0.3, -0.25) is 0 Å². The van der Waals surface area contributed by atoms with E-state index < -0.39 is 16.3 Å².